The number of hydrogen-bond acceptors (Lipinski definition) is 3. The average Bonchev–Trinajstić information content (AvgIpc) is 2.37. The van der Waals surface area contributed by atoms with Crippen LogP contribution in [-0.4, -0.2) is 29.1 Å². The number of rotatable bonds is 3. The maximum absolute atomic E-state index is 4.23. The van der Waals surface area contributed by atoms with Crippen molar-refractivity contribution in [1.29, 1.82) is 0 Å². The number of nitrogens with zero attached hydrogens (tertiary/aromatic N) is 4. The summed E-state index contributed by atoms with van der Waals surface area (Å²) in [6.07, 6.45) is 2.84. The molecule has 1 aromatic rings. The van der Waals surface area contributed by atoms with E-state index in [1.165, 1.54) is 0 Å². The summed E-state index contributed by atoms with van der Waals surface area (Å²) in [5, 5.41) is 8.32. The van der Waals surface area contributed by atoms with Gasteiger partial charge in [-0.05, 0) is 6.42 Å². The van der Waals surface area contributed by atoms with Gasteiger partial charge in [0.2, 0.25) is 0 Å². The number of hydrogen-bond donors (Lipinski definition) is 0. The Bertz CT molecular complexity index is 216. The second kappa shape index (κ2) is 3.37. The van der Waals surface area contributed by atoms with E-state index in [1.807, 2.05) is 19.0 Å². The molecule has 0 atom stereocenters. The van der Waals surface area contributed by atoms with E-state index in [1.54, 1.807) is 11.0 Å². The van der Waals surface area contributed by atoms with Crippen molar-refractivity contribution < 1.29 is 0 Å². The van der Waals surface area contributed by atoms with E-state index in [0.717, 1.165) is 18.8 Å². The van der Waals surface area contributed by atoms with Crippen LogP contribution in [-0.2, 0) is 6.54 Å². The molecule has 4 nitrogen and oxygen atoms in total. The summed E-state index contributed by atoms with van der Waals surface area (Å²) in [4.78, 5) is 3.66. The molecule has 0 fully saturated rings. The predicted octanol–water partition coefficient (Wildman–Crippen LogP) is 0.754. The molecule has 0 bridgehead atoms. The minimum atomic E-state index is 0.897. The lowest BCUT2D eigenvalue weighted by Crippen LogP contribution is -2.10. The fourth-order valence-corrected chi connectivity index (χ4v) is 0.801. The van der Waals surface area contributed by atoms with Crippen molar-refractivity contribution in [3.63, 3.8) is 0 Å². The van der Waals surface area contributed by atoms with Gasteiger partial charge in [0.05, 0.1) is 12.7 Å². The van der Waals surface area contributed by atoms with E-state index in [9.17, 15) is 0 Å². The first-order valence-electron chi connectivity index (χ1n) is 3.81. The molecule has 1 rings (SSSR count). The molecule has 0 unspecified atom stereocenters. The molecule has 0 amide bonds. The van der Waals surface area contributed by atoms with Crippen LogP contribution in [0.5, 0.6) is 0 Å². The van der Waals surface area contributed by atoms with Crippen LogP contribution in [0.1, 0.15) is 13.3 Å². The minimum Gasteiger partial charge on any atom is -0.360 e. The zero-order valence-corrected chi connectivity index (χ0v) is 7.28. The quantitative estimate of drug-likeness (QED) is 0.644. The molecule has 0 aliphatic carbocycles. The molecule has 0 N–H and O–H groups in total. The minimum absolute atomic E-state index is 0.897. The Hall–Kier alpha value is -1.06. The van der Waals surface area contributed by atoms with Gasteiger partial charge in [-0.25, -0.2) is 0 Å². The van der Waals surface area contributed by atoms with Crippen LogP contribution in [0.15, 0.2) is 6.20 Å². The topological polar surface area (TPSA) is 34.0 Å². The smallest absolute Gasteiger partial charge is 0.170 e. The van der Waals surface area contributed by atoms with Crippen molar-refractivity contribution in [1.82, 2.24) is 15.0 Å². The van der Waals surface area contributed by atoms with E-state index in [2.05, 4.69) is 17.1 Å². The van der Waals surface area contributed by atoms with Gasteiger partial charge in [0, 0.05) is 14.1 Å². The summed E-state index contributed by atoms with van der Waals surface area (Å²) in [6.45, 7) is 3.01. The number of anilines is 1. The SMILES string of the molecule is CCCn1ncc(N(C)C)n1. The van der Waals surface area contributed by atoms with Crippen LogP contribution in [0, 0.1) is 0 Å². The summed E-state index contributed by atoms with van der Waals surface area (Å²) in [5.41, 5.74) is 0. The number of aromatic nitrogens is 3. The molecule has 0 aromatic carbocycles. The standard InChI is InChI=1S/C7H14N4/c1-4-5-11-8-6-7(9-11)10(2)3/h6H,4-5H2,1-3H3. The van der Waals surface area contributed by atoms with E-state index < -0.39 is 0 Å². The van der Waals surface area contributed by atoms with Crippen molar-refractivity contribution in [3.05, 3.63) is 6.20 Å². The Balaban J connectivity index is 2.66. The Kier molecular flexibility index (Phi) is 2.46. The first kappa shape index (κ1) is 8.04. The average molecular weight is 154 g/mol. The highest BCUT2D eigenvalue weighted by Crippen LogP contribution is 2.02. The van der Waals surface area contributed by atoms with Gasteiger partial charge in [0.1, 0.15) is 0 Å². The van der Waals surface area contributed by atoms with Crippen LogP contribution in [0.4, 0.5) is 5.82 Å². The summed E-state index contributed by atoms with van der Waals surface area (Å²) >= 11 is 0. The highest BCUT2D eigenvalue weighted by Gasteiger charge is 1.99. The molecular formula is C7H14N4. The molecule has 0 spiro atoms. The molecular weight excluding hydrogens is 140 g/mol. The highest BCUT2D eigenvalue weighted by molar-refractivity contribution is 5.30. The maximum atomic E-state index is 4.23. The van der Waals surface area contributed by atoms with Crippen LogP contribution in [0.3, 0.4) is 0 Å². The second-order valence-corrected chi connectivity index (χ2v) is 2.69. The van der Waals surface area contributed by atoms with Crippen molar-refractivity contribution in [2.45, 2.75) is 19.9 Å². The first-order chi connectivity index (χ1) is 5.24. The lowest BCUT2D eigenvalue weighted by molar-refractivity contribution is 0.528. The fraction of sp³-hybridized carbons (Fsp3) is 0.714. The van der Waals surface area contributed by atoms with Crippen molar-refractivity contribution in [2.75, 3.05) is 19.0 Å². The molecule has 11 heavy (non-hydrogen) atoms. The number of aryl methyl sites for hydroxylation is 1. The van der Waals surface area contributed by atoms with Crippen LogP contribution < -0.4 is 4.90 Å². The highest BCUT2D eigenvalue weighted by atomic mass is 15.5. The monoisotopic (exact) mass is 154 g/mol. The molecule has 0 radical (unpaired) electrons. The van der Waals surface area contributed by atoms with Crippen molar-refractivity contribution in [3.8, 4) is 0 Å². The van der Waals surface area contributed by atoms with Gasteiger partial charge in [-0.2, -0.15) is 9.90 Å². The third-order valence-electron chi connectivity index (χ3n) is 1.41. The largest absolute Gasteiger partial charge is 0.360 e. The molecule has 0 saturated carbocycles. The van der Waals surface area contributed by atoms with E-state index in [0.29, 0.717) is 0 Å². The Morgan fingerprint density at radius 3 is 2.73 bits per heavy atom. The molecule has 1 heterocycles. The normalized spacial score (nSPS) is 10.1. The molecule has 0 aliphatic heterocycles. The van der Waals surface area contributed by atoms with Gasteiger partial charge < -0.3 is 4.90 Å². The van der Waals surface area contributed by atoms with Crippen LogP contribution >= 0.6 is 0 Å². The van der Waals surface area contributed by atoms with E-state index in [4.69, 9.17) is 0 Å². The van der Waals surface area contributed by atoms with Gasteiger partial charge in [0.15, 0.2) is 5.82 Å². The third kappa shape index (κ3) is 1.93. The van der Waals surface area contributed by atoms with Crippen LogP contribution in [0.25, 0.3) is 0 Å². The van der Waals surface area contributed by atoms with E-state index in [-0.39, 0.29) is 0 Å². The summed E-state index contributed by atoms with van der Waals surface area (Å²) in [6, 6.07) is 0. The Labute approximate surface area is 66.8 Å². The molecule has 0 saturated heterocycles. The molecule has 1 aromatic heterocycles. The first-order valence-corrected chi connectivity index (χ1v) is 3.81. The third-order valence-corrected chi connectivity index (χ3v) is 1.41. The molecule has 0 aliphatic rings. The second-order valence-electron chi connectivity index (χ2n) is 2.69. The fourth-order valence-electron chi connectivity index (χ4n) is 0.801. The van der Waals surface area contributed by atoms with Crippen LogP contribution in [0.2, 0.25) is 0 Å². The van der Waals surface area contributed by atoms with Gasteiger partial charge >= 0.3 is 0 Å². The summed E-state index contributed by atoms with van der Waals surface area (Å²) < 4.78 is 0. The Morgan fingerprint density at radius 1 is 1.55 bits per heavy atom. The maximum Gasteiger partial charge on any atom is 0.170 e. The summed E-state index contributed by atoms with van der Waals surface area (Å²) in [5.74, 6) is 0.915. The lowest BCUT2D eigenvalue weighted by Gasteiger charge is -2.04. The molecule has 4 heteroatoms. The van der Waals surface area contributed by atoms with Gasteiger partial charge in [-0.1, -0.05) is 6.92 Å². The molecule has 62 valence electrons. The van der Waals surface area contributed by atoms with Crippen molar-refractivity contribution >= 4 is 5.82 Å². The van der Waals surface area contributed by atoms with Gasteiger partial charge in [-0.15, -0.1) is 5.10 Å². The predicted molar refractivity (Wildman–Crippen MR) is 44.6 cm³/mol. The van der Waals surface area contributed by atoms with Gasteiger partial charge in [0.25, 0.3) is 0 Å². The van der Waals surface area contributed by atoms with Crippen molar-refractivity contribution in [2.24, 2.45) is 0 Å². The zero-order valence-electron chi connectivity index (χ0n) is 7.28. The lowest BCUT2D eigenvalue weighted by atomic mass is 10.5. The zero-order chi connectivity index (χ0) is 8.27. The van der Waals surface area contributed by atoms with Gasteiger partial charge in [-0.3, -0.25) is 0 Å². The Morgan fingerprint density at radius 2 is 2.27 bits per heavy atom. The summed E-state index contributed by atoms with van der Waals surface area (Å²) in [7, 11) is 3.92. The van der Waals surface area contributed by atoms with E-state index >= 15 is 0 Å².